The molecule has 1 aromatic carbocycles. The Bertz CT molecular complexity index is 786. The van der Waals surface area contributed by atoms with Crippen LogP contribution in [0.25, 0.3) is 0 Å². The summed E-state index contributed by atoms with van der Waals surface area (Å²) in [6.07, 6.45) is 4.03. The van der Waals surface area contributed by atoms with Crippen molar-refractivity contribution in [3.05, 3.63) is 41.2 Å². The first kappa shape index (κ1) is 19.0. The summed E-state index contributed by atoms with van der Waals surface area (Å²) < 4.78 is 0. The van der Waals surface area contributed by atoms with E-state index >= 15 is 0 Å². The van der Waals surface area contributed by atoms with E-state index in [9.17, 15) is 4.79 Å². The number of rotatable bonds is 5. The van der Waals surface area contributed by atoms with Gasteiger partial charge in [0.05, 0.1) is 16.5 Å². The van der Waals surface area contributed by atoms with Gasteiger partial charge in [-0.1, -0.05) is 36.4 Å². The fourth-order valence-electron chi connectivity index (χ4n) is 3.03. The normalized spacial score (nSPS) is 17.2. The van der Waals surface area contributed by atoms with Gasteiger partial charge in [0.15, 0.2) is 0 Å². The van der Waals surface area contributed by atoms with Crippen molar-refractivity contribution in [3.63, 3.8) is 0 Å². The molecule has 0 radical (unpaired) electrons. The number of hydrogen-bond donors (Lipinski definition) is 1. The summed E-state index contributed by atoms with van der Waals surface area (Å²) in [5.41, 5.74) is 1.69. The molecule has 138 valence electrons. The monoisotopic (exact) mass is 390 g/mol. The summed E-state index contributed by atoms with van der Waals surface area (Å²) >= 11 is 7.56. The van der Waals surface area contributed by atoms with E-state index in [1.165, 1.54) is 24.6 Å². The zero-order chi connectivity index (χ0) is 18.5. The maximum atomic E-state index is 12.2. The third kappa shape index (κ3) is 5.11. The van der Waals surface area contributed by atoms with E-state index in [-0.39, 0.29) is 11.7 Å². The highest BCUT2D eigenvalue weighted by molar-refractivity contribution is 7.99. The zero-order valence-corrected chi connectivity index (χ0v) is 16.6. The number of thioether (sulfide) groups is 1. The second-order valence-electron chi connectivity index (χ2n) is 6.73. The smallest absolute Gasteiger partial charge is 0.234 e. The first-order chi connectivity index (χ1) is 12.5. The molecule has 1 aromatic heterocycles. The Labute approximate surface area is 163 Å². The first-order valence-corrected chi connectivity index (χ1v) is 10.1. The Morgan fingerprint density at radius 3 is 3.00 bits per heavy atom. The molecule has 1 aliphatic rings. The van der Waals surface area contributed by atoms with Gasteiger partial charge in [0, 0.05) is 19.2 Å². The molecule has 0 unspecified atom stereocenters. The van der Waals surface area contributed by atoms with Crippen molar-refractivity contribution in [1.29, 1.82) is 0 Å². The van der Waals surface area contributed by atoms with Crippen molar-refractivity contribution in [2.45, 2.75) is 31.7 Å². The Morgan fingerprint density at radius 1 is 1.38 bits per heavy atom. The summed E-state index contributed by atoms with van der Waals surface area (Å²) in [7, 11) is 0. The second-order valence-corrected chi connectivity index (χ2v) is 8.13. The van der Waals surface area contributed by atoms with E-state index in [1.807, 2.05) is 31.2 Å². The average Bonchev–Trinajstić information content (AvgIpc) is 2.63. The van der Waals surface area contributed by atoms with E-state index in [0.29, 0.717) is 16.6 Å². The number of anilines is 2. The molecule has 2 aromatic rings. The van der Waals surface area contributed by atoms with Crippen LogP contribution in [-0.4, -0.2) is 34.7 Å². The first-order valence-electron chi connectivity index (χ1n) is 8.77. The van der Waals surface area contributed by atoms with Gasteiger partial charge < -0.3 is 10.2 Å². The molecule has 1 aliphatic heterocycles. The molecule has 1 N–H and O–H groups in total. The van der Waals surface area contributed by atoms with Crippen LogP contribution in [0.4, 0.5) is 11.5 Å². The summed E-state index contributed by atoms with van der Waals surface area (Å²) in [6, 6.07) is 7.54. The SMILES string of the molecule is Cc1ccc(NC(=O)CSc2cc(N3CCC[C@@H](C)C3)ncn2)c(Cl)c1. The predicted octanol–water partition coefficient (Wildman–Crippen LogP) is 4.41. The summed E-state index contributed by atoms with van der Waals surface area (Å²) in [6.45, 7) is 6.28. The van der Waals surface area contributed by atoms with E-state index in [2.05, 4.69) is 27.1 Å². The van der Waals surface area contributed by atoms with Crippen molar-refractivity contribution in [3.8, 4) is 0 Å². The number of piperidine rings is 1. The van der Waals surface area contributed by atoms with Crippen molar-refractivity contribution >= 4 is 40.8 Å². The number of benzene rings is 1. The summed E-state index contributed by atoms with van der Waals surface area (Å²) in [5.74, 6) is 1.79. The van der Waals surface area contributed by atoms with E-state index < -0.39 is 0 Å². The van der Waals surface area contributed by atoms with Crippen molar-refractivity contribution < 1.29 is 4.79 Å². The topological polar surface area (TPSA) is 58.1 Å². The Balaban J connectivity index is 1.57. The molecule has 0 aliphatic carbocycles. The summed E-state index contributed by atoms with van der Waals surface area (Å²) in [4.78, 5) is 23.2. The molecule has 7 heteroatoms. The van der Waals surface area contributed by atoms with Crippen LogP contribution in [0.1, 0.15) is 25.3 Å². The summed E-state index contributed by atoms with van der Waals surface area (Å²) in [5, 5.41) is 4.20. The third-order valence-electron chi connectivity index (χ3n) is 4.36. The molecule has 5 nitrogen and oxygen atoms in total. The van der Waals surface area contributed by atoms with Gasteiger partial charge in [-0.15, -0.1) is 0 Å². The number of aromatic nitrogens is 2. The lowest BCUT2D eigenvalue weighted by Gasteiger charge is -2.31. The van der Waals surface area contributed by atoms with E-state index in [1.54, 1.807) is 6.33 Å². The van der Waals surface area contributed by atoms with Crippen LogP contribution >= 0.6 is 23.4 Å². The number of aryl methyl sites for hydroxylation is 1. The Morgan fingerprint density at radius 2 is 2.23 bits per heavy atom. The number of carbonyl (C=O) groups is 1. The zero-order valence-electron chi connectivity index (χ0n) is 15.0. The molecule has 2 heterocycles. The van der Waals surface area contributed by atoms with Gasteiger partial charge in [-0.3, -0.25) is 4.79 Å². The van der Waals surface area contributed by atoms with Crippen LogP contribution in [0.15, 0.2) is 35.6 Å². The lowest BCUT2D eigenvalue weighted by Crippen LogP contribution is -2.34. The minimum atomic E-state index is -0.104. The molecule has 0 bridgehead atoms. The third-order valence-corrected chi connectivity index (χ3v) is 5.60. The van der Waals surface area contributed by atoms with Gasteiger partial charge in [-0.05, 0) is 43.4 Å². The standard InChI is InChI=1S/C19H23ClN4OS/c1-13-5-6-16(15(20)8-13)23-18(25)11-26-19-9-17(21-12-22-19)24-7-3-4-14(2)10-24/h5-6,8-9,12,14H,3-4,7,10-11H2,1-2H3,(H,23,25)/t14-/m1/s1. The van der Waals surface area contributed by atoms with Gasteiger partial charge in [-0.2, -0.15) is 0 Å². The predicted molar refractivity (Wildman–Crippen MR) is 108 cm³/mol. The maximum Gasteiger partial charge on any atom is 0.234 e. The largest absolute Gasteiger partial charge is 0.356 e. The van der Waals surface area contributed by atoms with Crippen LogP contribution in [-0.2, 0) is 4.79 Å². The number of hydrogen-bond acceptors (Lipinski definition) is 5. The van der Waals surface area contributed by atoms with E-state index in [0.717, 1.165) is 29.5 Å². The van der Waals surface area contributed by atoms with Crippen LogP contribution in [0.5, 0.6) is 0 Å². The molecule has 1 fully saturated rings. The Hall–Kier alpha value is -1.79. The lowest BCUT2D eigenvalue weighted by atomic mass is 10.0. The van der Waals surface area contributed by atoms with Gasteiger partial charge in [0.25, 0.3) is 0 Å². The minimum absolute atomic E-state index is 0.104. The molecule has 0 saturated carbocycles. The highest BCUT2D eigenvalue weighted by Crippen LogP contribution is 2.25. The van der Waals surface area contributed by atoms with Crippen LogP contribution in [0.3, 0.4) is 0 Å². The average molecular weight is 391 g/mol. The molecule has 1 amide bonds. The highest BCUT2D eigenvalue weighted by Gasteiger charge is 2.18. The fourth-order valence-corrected chi connectivity index (χ4v) is 3.97. The van der Waals surface area contributed by atoms with Crippen molar-refractivity contribution in [1.82, 2.24) is 9.97 Å². The van der Waals surface area contributed by atoms with Crippen molar-refractivity contribution in [2.24, 2.45) is 5.92 Å². The fraction of sp³-hybridized carbons (Fsp3) is 0.421. The quantitative estimate of drug-likeness (QED) is 0.605. The maximum absolute atomic E-state index is 12.2. The number of carbonyl (C=O) groups excluding carboxylic acids is 1. The van der Waals surface area contributed by atoms with Crippen LogP contribution < -0.4 is 10.2 Å². The van der Waals surface area contributed by atoms with E-state index in [4.69, 9.17) is 11.6 Å². The lowest BCUT2D eigenvalue weighted by molar-refractivity contribution is -0.113. The van der Waals surface area contributed by atoms with Crippen LogP contribution in [0, 0.1) is 12.8 Å². The molecule has 1 atom stereocenters. The molecular weight excluding hydrogens is 368 g/mol. The minimum Gasteiger partial charge on any atom is -0.356 e. The molecule has 1 saturated heterocycles. The van der Waals surface area contributed by atoms with Gasteiger partial charge >= 0.3 is 0 Å². The number of nitrogens with zero attached hydrogens (tertiary/aromatic N) is 3. The number of amides is 1. The molecular formula is C19H23ClN4OS. The number of nitrogens with one attached hydrogen (secondary N) is 1. The van der Waals surface area contributed by atoms with Gasteiger partial charge in [-0.25, -0.2) is 9.97 Å². The number of halogens is 1. The molecule has 26 heavy (non-hydrogen) atoms. The molecule has 3 rings (SSSR count). The molecule has 0 spiro atoms. The van der Waals surface area contributed by atoms with Gasteiger partial charge in [0.1, 0.15) is 17.2 Å². The highest BCUT2D eigenvalue weighted by atomic mass is 35.5. The second kappa shape index (κ2) is 8.73. The van der Waals surface area contributed by atoms with Crippen molar-refractivity contribution in [2.75, 3.05) is 29.1 Å². The van der Waals surface area contributed by atoms with Crippen LogP contribution in [0.2, 0.25) is 5.02 Å². The van der Waals surface area contributed by atoms with Gasteiger partial charge in [0.2, 0.25) is 5.91 Å². The Kier molecular flexibility index (Phi) is 6.38.